The Kier molecular flexibility index (Phi) is 3.87. The molecule has 0 bridgehead atoms. The molecular weight excluding hydrogens is 298 g/mol. The van der Waals surface area contributed by atoms with E-state index in [1.165, 1.54) is 5.56 Å². The summed E-state index contributed by atoms with van der Waals surface area (Å²) in [6, 6.07) is 13.7. The van der Waals surface area contributed by atoms with Gasteiger partial charge in [0.1, 0.15) is 0 Å². The number of nitrogens with two attached hydrogens (primary N) is 1. The van der Waals surface area contributed by atoms with E-state index in [1.54, 1.807) is 0 Å². The van der Waals surface area contributed by atoms with E-state index in [9.17, 15) is 0 Å². The smallest absolute Gasteiger partial charge is 0.0566 e. The van der Waals surface area contributed by atoms with Gasteiger partial charge in [-0.25, -0.2) is 0 Å². The van der Waals surface area contributed by atoms with Crippen molar-refractivity contribution in [3.8, 4) is 0 Å². The summed E-state index contributed by atoms with van der Waals surface area (Å²) in [5.74, 6) is 0. The molecule has 88 valence electrons. The molecule has 0 fully saturated rings. The molecule has 17 heavy (non-hydrogen) atoms. The third-order valence-electron chi connectivity index (χ3n) is 2.69. The molecule has 0 saturated carbocycles. The first-order chi connectivity index (χ1) is 8.08. The third-order valence-corrected chi connectivity index (χ3v) is 3.53. The van der Waals surface area contributed by atoms with E-state index in [1.807, 2.05) is 30.3 Å². The van der Waals surface area contributed by atoms with Crippen molar-refractivity contribution in [3.05, 3.63) is 68.7 Å². The lowest BCUT2D eigenvalue weighted by Crippen LogP contribution is -2.12. The van der Waals surface area contributed by atoms with Gasteiger partial charge in [-0.1, -0.05) is 57.4 Å². The quantitative estimate of drug-likeness (QED) is 0.871. The number of rotatable bonds is 2. The second-order valence-electron chi connectivity index (χ2n) is 4.06. The minimum atomic E-state index is -0.195. The molecule has 0 amide bonds. The van der Waals surface area contributed by atoms with Crippen LogP contribution in [-0.2, 0) is 0 Å². The van der Waals surface area contributed by atoms with Crippen LogP contribution in [0.5, 0.6) is 0 Å². The molecule has 0 spiro atoms. The summed E-state index contributed by atoms with van der Waals surface area (Å²) in [5.41, 5.74) is 9.46. The second-order valence-corrected chi connectivity index (χ2v) is 5.38. The van der Waals surface area contributed by atoms with Crippen LogP contribution >= 0.6 is 27.5 Å². The standard InChI is InChI=1S/C14H13BrClN/c1-9-3-2-4-10(7-9)14(17)12-8-11(15)5-6-13(12)16/h2-8,14H,17H2,1H3. The summed E-state index contributed by atoms with van der Waals surface area (Å²) < 4.78 is 0.986. The lowest BCUT2D eigenvalue weighted by atomic mass is 9.98. The average Bonchev–Trinajstić information content (AvgIpc) is 2.31. The van der Waals surface area contributed by atoms with Gasteiger partial charge in [-0.2, -0.15) is 0 Å². The summed E-state index contributed by atoms with van der Waals surface area (Å²) in [6.45, 7) is 2.05. The maximum atomic E-state index is 6.25. The number of halogens is 2. The van der Waals surface area contributed by atoms with Crippen molar-refractivity contribution in [1.82, 2.24) is 0 Å². The van der Waals surface area contributed by atoms with E-state index in [4.69, 9.17) is 17.3 Å². The molecule has 0 saturated heterocycles. The van der Waals surface area contributed by atoms with Gasteiger partial charge in [0.2, 0.25) is 0 Å². The Labute approximate surface area is 115 Å². The molecule has 3 heteroatoms. The molecule has 1 atom stereocenters. The molecule has 0 radical (unpaired) electrons. The highest BCUT2D eigenvalue weighted by Crippen LogP contribution is 2.29. The van der Waals surface area contributed by atoms with Crippen molar-refractivity contribution in [2.75, 3.05) is 0 Å². The SMILES string of the molecule is Cc1cccc(C(N)c2cc(Br)ccc2Cl)c1. The summed E-state index contributed by atoms with van der Waals surface area (Å²) in [5, 5.41) is 0.696. The number of hydrogen-bond donors (Lipinski definition) is 1. The molecule has 0 aliphatic carbocycles. The number of benzene rings is 2. The summed E-state index contributed by atoms with van der Waals surface area (Å²) in [7, 11) is 0. The van der Waals surface area contributed by atoms with E-state index in [-0.39, 0.29) is 6.04 Å². The predicted molar refractivity (Wildman–Crippen MR) is 76.4 cm³/mol. The zero-order chi connectivity index (χ0) is 12.4. The Bertz CT molecular complexity index is 539. The largest absolute Gasteiger partial charge is 0.320 e. The predicted octanol–water partition coefficient (Wildman–Crippen LogP) is 4.46. The monoisotopic (exact) mass is 309 g/mol. The Morgan fingerprint density at radius 1 is 1.18 bits per heavy atom. The molecule has 0 heterocycles. The van der Waals surface area contributed by atoms with Crippen molar-refractivity contribution in [2.24, 2.45) is 5.73 Å². The maximum absolute atomic E-state index is 6.25. The van der Waals surface area contributed by atoms with Crippen LogP contribution in [0.4, 0.5) is 0 Å². The average molecular weight is 311 g/mol. The molecule has 2 N–H and O–H groups in total. The highest BCUT2D eigenvalue weighted by Gasteiger charge is 2.12. The minimum absolute atomic E-state index is 0.195. The van der Waals surface area contributed by atoms with Gasteiger partial charge in [-0.05, 0) is 36.2 Å². The van der Waals surface area contributed by atoms with Gasteiger partial charge >= 0.3 is 0 Å². The van der Waals surface area contributed by atoms with Crippen LogP contribution in [0.2, 0.25) is 5.02 Å². The number of aryl methyl sites for hydroxylation is 1. The van der Waals surface area contributed by atoms with Crippen LogP contribution in [0.15, 0.2) is 46.9 Å². The van der Waals surface area contributed by atoms with Crippen LogP contribution in [-0.4, -0.2) is 0 Å². The first kappa shape index (κ1) is 12.6. The fraction of sp³-hybridized carbons (Fsp3) is 0.143. The van der Waals surface area contributed by atoms with Gasteiger partial charge in [0, 0.05) is 9.50 Å². The van der Waals surface area contributed by atoms with Crippen molar-refractivity contribution in [3.63, 3.8) is 0 Å². The fourth-order valence-corrected chi connectivity index (χ4v) is 2.41. The van der Waals surface area contributed by atoms with Crippen molar-refractivity contribution >= 4 is 27.5 Å². The van der Waals surface area contributed by atoms with E-state index < -0.39 is 0 Å². The van der Waals surface area contributed by atoms with Gasteiger partial charge in [-0.3, -0.25) is 0 Å². The Balaban J connectivity index is 2.43. The van der Waals surface area contributed by atoms with Gasteiger partial charge in [0.05, 0.1) is 6.04 Å². The topological polar surface area (TPSA) is 26.0 Å². The number of hydrogen-bond acceptors (Lipinski definition) is 1. The van der Waals surface area contributed by atoms with E-state index in [0.717, 1.165) is 15.6 Å². The summed E-state index contributed by atoms with van der Waals surface area (Å²) in [6.07, 6.45) is 0. The Morgan fingerprint density at radius 3 is 2.65 bits per heavy atom. The van der Waals surface area contributed by atoms with Crippen molar-refractivity contribution in [2.45, 2.75) is 13.0 Å². The van der Waals surface area contributed by atoms with Crippen LogP contribution < -0.4 is 5.73 Å². The van der Waals surface area contributed by atoms with E-state index in [2.05, 4.69) is 35.0 Å². The summed E-state index contributed by atoms with van der Waals surface area (Å²) >= 11 is 9.62. The van der Waals surface area contributed by atoms with Gasteiger partial charge < -0.3 is 5.73 Å². The van der Waals surface area contributed by atoms with Crippen LogP contribution in [0.3, 0.4) is 0 Å². The van der Waals surface area contributed by atoms with Crippen LogP contribution in [0.1, 0.15) is 22.7 Å². The van der Waals surface area contributed by atoms with Crippen molar-refractivity contribution < 1.29 is 0 Å². The maximum Gasteiger partial charge on any atom is 0.0566 e. The molecule has 0 aliphatic rings. The summed E-state index contributed by atoms with van der Waals surface area (Å²) in [4.78, 5) is 0. The molecular formula is C14H13BrClN. The lowest BCUT2D eigenvalue weighted by Gasteiger charge is -2.15. The fourth-order valence-electron chi connectivity index (χ4n) is 1.80. The lowest BCUT2D eigenvalue weighted by molar-refractivity contribution is 0.869. The first-order valence-electron chi connectivity index (χ1n) is 5.35. The van der Waals surface area contributed by atoms with Gasteiger partial charge in [0.25, 0.3) is 0 Å². The molecule has 0 aliphatic heterocycles. The second kappa shape index (κ2) is 5.21. The first-order valence-corrected chi connectivity index (χ1v) is 6.52. The van der Waals surface area contributed by atoms with Crippen LogP contribution in [0.25, 0.3) is 0 Å². The van der Waals surface area contributed by atoms with Gasteiger partial charge in [0.15, 0.2) is 0 Å². The van der Waals surface area contributed by atoms with Crippen LogP contribution in [0, 0.1) is 6.92 Å². The highest BCUT2D eigenvalue weighted by molar-refractivity contribution is 9.10. The molecule has 1 unspecified atom stereocenters. The Morgan fingerprint density at radius 2 is 1.94 bits per heavy atom. The third kappa shape index (κ3) is 2.89. The zero-order valence-electron chi connectivity index (χ0n) is 9.45. The van der Waals surface area contributed by atoms with E-state index >= 15 is 0 Å². The Hall–Kier alpha value is -0.830. The molecule has 1 nitrogen and oxygen atoms in total. The van der Waals surface area contributed by atoms with Crippen molar-refractivity contribution in [1.29, 1.82) is 0 Å². The minimum Gasteiger partial charge on any atom is -0.320 e. The normalized spacial score (nSPS) is 12.5. The highest BCUT2D eigenvalue weighted by atomic mass is 79.9. The molecule has 0 aromatic heterocycles. The molecule has 2 aromatic rings. The van der Waals surface area contributed by atoms with Gasteiger partial charge in [-0.15, -0.1) is 0 Å². The zero-order valence-corrected chi connectivity index (χ0v) is 11.8. The molecule has 2 rings (SSSR count). The van der Waals surface area contributed by atoms with E-state index in [0.29, 0.717) is 5.02 Å². The molecule has 2 aromatic carbocycles.